The largest absolute Gasteiger partial charge is 0.382 e. The molecule has 6 nitrogen and oxygen atoms in total. The minimum atomic E-state index is -0.412. The summed E-state index contributed by atoms with van der Waals surface area (Å²) in [6.07, 6.45) is 2.98. The Hall–Kier alpha value is -2.63. The molecular formula is C21H33N5O. The Morgan fingerprint density at radius 2 is 1.78 bits per heavy atom. The molecule has 0 unspecified atom stereocenters. The van der Waals surface area contributed by atoms with E-state index in [0.717, 1.165) is 11.0 Å². The molecule has 0 saturated heterocycles. The molecule has 0 aliphatic rings. The van der Waals surface area contributed by atoms with Gasteiger partial charge in [0.1, 0.15) is 5.82 Å². The molecule has 148 valence electrons. The van der Waals surface area contributed by atoms with Crippen LogP contribution in [0.3, 0.4) is 0 Å². The van der Waals surface area contributed by atoms with Gasteiger partial charge in [-0.2, -0.15) is 0 Å². The van der Waals surface area contributed by atoms with Crippen LogP contribution in [-0.2, 0) is 7.05 Å². The highest BCUT2D eigenvalue weighted by atomic mass is 16.1. The number of fused-ring (bicyclic) bond motifs is 1. The fourth-order valence-corrected chi connectivity index (χ4v) is 2.40. The second-order valence-electron chi connectivity index (χ2n) is 7.20. The Morgan fingerprint density at radius 3 is 2.26 bits per heavy atom. The van der Waals surface area contributed by atoms with E-state index in [4.69, 9.17) is 5.73 Å². The number of carbonyl (C=O) groups is 1. The molecule has 27 heavy (non-hydrogen) atoms. The number of imidazole rings is 2. The number of Topliss-reactive ketones (excluding diaryl/α,β-unsaturated/α-hetero) is 1. The molecule has 0 fully saturated rings. The van der Waals surface area contributed by atoms with E-state index < -0.39 is 5.41 Å². The van der Waals surface area contributed by atoms with Crippen LogP contribution in [-0.4, -0.2) is 25.3 Å². The fourth-order valence-electron chi connectivity index (χ4n) is 2.40. The lowest BCUT2D eigenvalue weighted by Crippen LogP contribution is -2.19. The molecule has 3 N–H and O–H groups in total. The number of nitrogens with two attached hydrogens (primary N) is 1. The Bertz CT molecular complexity index is 884. The summed E-state index contributed by atoms with van der Waals surface area (Å²) in [6, 6.07) is 5.50. The molecule has 0 bridgehead atoms. The van der Waals surface area contributed by atoms with Crippen LogP contribution in [0.25, 0.3) is 22.7 Å². The molecule has 3 aromatic rings. The number of aromatic amines is 1. The van der Waals surface area contributed by atoms with Crippen molar-refractivity contribution in [3.63, 3.8) is 0 Å². The molecule has 0 aliphatic carbocycles. The number of nitrogens with zero attached hydrogens (tertiary/aromatic N) is 3. The molecule has 6 heteroatoms. The normalized spacial score (nSPS) is 10.7. The smallest absolute Gasteiger partial charge is 0.178 e. The van der Waals surface area contributed by atoms with Crippen LogP contribution in [0.4, 0.5) is 5.82 Å². The van der Waals surface area contributed by atoms with Crippen molar-refractivity contribution in [2.24, 2.45) is 12.5 Å². The number of anilines is 1. The zero-order chi connectivity index (χ0) is 20.8. The number of rotatable bonds is 2. The van der Waals surface area contributed by atoms with Crippen molar-refractivity contribution in [3.8, 4) is 11.6 Å². The van der Waals surface area contributed by atoms with Crippen LogP contribution in [0, 0.1) is 5.41 Å². The Morgan fingerprint density at radius 1 is 1.19 bits per heavy atom. The highest BCUT2D eigenvalue weighted by molar-refractivity contribution is 6.02. The van der Waals surface area contributed by atoms with Gasteiger partial charge in [-0.1, -0.05) is 54.9 Å². The van der Waals surface area contributed by atoms with Crippen LogP contribution >= 0.6 is 0 Å². The third kappa shape index (κ3) is 5.42. The van der Waals surface area contributed by atoms with Gasteiger partial charge in [0.25, 0.3) is 0 Å². The molecule has 0 aliphatic heterocycles. The third-order valence-corrected chi connectivity index (χ3v) is 3.53. The number of nitrogens with one attached hydrogen (secondary N) is 1. The first-order valence-electron chi connectivity index (χ1n) is 9.51. The van der Waals surface area contributed by atoms with Crippen LogP contribution in [0.5, 0.6) is 0 Å². The predicted molar refractivity (Wildman–Crippen MR) is 114 cm³/mol. The molecule has 0 amide bonds. The van der Waals surface area contributed by atoms with Crippen molar-refractivity contribution in [1.82, 2.24) is 19.5 Å². The lowest BCUT2D eigenvalue weighted by molar-refractivity contribution is 0.0858. The summed E-state index contributed by atoms with van der Waals surface area (Å²) in [7, 11) is 1.86. The SMILES string of the molecule is CC.CCC.Cn1cc(N)nc1-c1nc2ccc(C(=O)C(C)(C)C)cc2[nH]1. The highest BCUT2D eigenvalue weighted by Gasteiger charge is 2.23. The summed E-state index contributed by atoms with van der Waals surface area (Å²) in [5.74, 6) is 1.85. The van der Waals surface area contributed by atoms with E-state index >= 15 is 0 Å². The van der Waals surface area contributed by atoms with E-state index in [-0.39, 0.29) is 5.78 Å². The van der Waals surface area contributed by atoms with E-state index in [1.807, 2.05) is 64.4 Å². The summed E-state index contributed by atoms with van der Waals surface area (Å²) < 4.78 is 1.81. The molecule has 3 rings (SSSR count). The number of nitrogen functional groups attached to an aromatic ring is 1. The van der Waals surface area contributed by atoms with E-state index in [0.29, 0.717) is 23.0 Å². The Kier molecular flexibility index (Phi) is 7.76. The number of H-pyrrole nitrogens is 1. The highest BCUT2D eigenvalue weighted by Crippen LogP contribution is 2.25. The second kappa shape index (κ2) is 9.35. The first kappa shape index (κ1) is 22.4. The van der Waals surface area contributed by atoms with E-state index in [2.05, 4.69) is 28.8 Å². The number of benzene rings is 1. The van der Waals surface area contributed by atoms with Gasteiger partial charge in [0.2, 0.25) is 0 Å². The van der Waals surface area contributed by atoms with Gasteiger partial charge in [-0.3, -0.25) is 4.79 Å². The van der Waals surface area contributed by atoms with Gasteiger partial charge in [-0.05, 0) is 18.2 Å². The van der Waals surface area contributed by atoms with Crippen molar-refractivity contribution < 1.29 is 4.79 Å². The third-order valence-electron chi connectivity index (χ3n) is 3.53. The number of hydrogen-bond acceptors (Lipinski definition) is 4. The van der Waals surface area contributed by atoms with Crippen molar-refractivity contribution in [2.45, 2.75) is 54.9 Å². The summed E-state index contributed by atoms with van der Waals surface area (Å²) >= 11 is 0. The maximum atomic E-state index is 12.4. The molecule has 0 atom stereocenters. The maximum absolute atomic E-state index is 12.4. The van der Waals surface area contributed by atoms with Crippen LogP contribution in [0.1, 0.15) is 65.2 Å². The lowest BCUT2D eigenvalue weighted by atomic mass is 9.86. The van der Waals surface area contributed by atoms with Crippen molar-refractivity contribution in [3.05, 3.63) is 30.0 Å². The number of ketones is 1. The number of aromatic nitrogens is 4. The molecular weight excluding hydrogens is 338 g/mol. The average molecular weight is 372 g/mol. The number of hydrogen-bond donors (Lipinski definition) is 2. The number of carbonyl (C=O) groups excluding carboxylic acids is 1. The summed E-state index contributed by atoms with van der Waals surface area (Å²) in [5.41, 5.74) is 7.57. The van der Waals surface area contributed by atoms with Gasteiger partial charge >= 0.3 is 0 Å². The molecule has 2 aromatic heterocycles. The minimum absolute atomic E-state index is 0.104. The van der Waals surface area contributed by atoms with Crippen molar-refractivity contribution in [1.29, 1.82) is 0 Å². The number of aryl methyl sites for hydroxylation is 1. The lowest BCUT2D eigenvalue weighted by Gasteiger charge is -2.16. The zero-order valence-electron chi connectivity index (χ0n) is 17.8. The Balaban J connectivity index is 0.000000665. The van der Waals surface area contributed by atoms with E-state index in [1.165, 1.54) is 6.42 Å². The predicted octanol–water partition coefficient (Wildman–Crippen LogP) is 5.22. The quantitative estimate of drug-likeness (QED) is 0.605. The van der Waals surface area contributed by atoms with Crippen molar-refractivity contribution >= 4 is 22.6 Å². The van der Waals surface area contributed by atoms with E-state index in [1.54, 1.807) is 6.20 Å². The molecule has 1 aromatic carbocycles. The summed E-state index contributed by atoms with van der Waals surface area (Å²) in [5, 5.41) is 0. The molecule has 0 spiro atoms. The fraction of sp³-hybridized carbons (Fsp3) is 0.476. The summed E-state index contributed by atoms with van der Waals surface area (Å²) in [6.45, 7) is 14.0. The van der Waals surface area contributed by atoms with Gasteiger partial charge in [0.15, 0.2) is 17.4 Å². The molecule has 2 heterocycles. The summed E-state index contributed by atoms with van der Waals surface area (Å²) in [4.78, 5) is 24.4. The zero-order valence-corrected chi connectivity index (χ0v) is 17.8. The van der Waals surface area contributed by atoms with Crippen molar-refractivity contribution in [2.75, 3.05) is 5.73 Å². The molecule has 0 radical (unpaired) electrons. The first-order chi connectivity index (χ1) is 12.7. The standard InChI is InChI=1S/C16H19N5O.C3H8.C2H6/c1-16(2,3)13(22)9-5-6-10-11(7-9)19-14(18-10)15-20-12(17)8-21(15)4;1-3-2;1-2/h5-8H,17H2,1-4H3,(H,18,19);3H2,1-2H3;1-2H3. The second-order valence-corrected chi connectivity index (χ2v) is 7.20. The van der Waals surface area contributed by atoms with Gasteiger partial charge in [0, 0.05) is 24.2 Å². The minimum Gasteiger partial charge on any atom is -0.382 e. The monoisotopic (exact) mass is 371 g/mol. The average Bonchev–Trinajstić information content (AvgIpc) is 3.17. The van der Waals surface area contributed by atoms with Crippen LogP contribution in [0.2, 0.25) is 0 Å². The molecule has 0 saturated carbocycles. The topological polar surface area (TPSA) is 89.6 Å². The van der Waals surface area contributed by atoms with Gasteiger partial charge < -0.3 is 15.3 Å². The maximum Gasteiger partial charge on any atom is 0.178 e. The van der Waals surface area contributed by atoms with Gasteiger partial charge in [0.05, 0.1) is 11.0 Å². The van der Waals surface area contributed by atoms with Crippen LogP contribution < -0.4 is 5.73 Å². The van der Waals surface area contributed by atoms with Gasteiger partial charge in [-0.25, -0.2) is 9.97 Å². The first-order valence-corrected chi connectivity index (χ1v) is 9.51. The van der Waals surface area contributed by atoms with Gasteiger partial charge in [-0.15, -0.1) is 0 Å². The van der Waals surface area contributed by atoms with E-state index in [9.17, 15) is 4.79 Å². The van der Waals surface area contributed by atoms with Crippen LogP contribution in [0.15, 0.2) is 24.4 Å². The Labute approximate surface area is 162 Å².